The highest BCUT2D eigenvalue weighted by Crippen LogP contribution is 2.36. The summed E-state index contributed by atoms with van der Waals surface area (Å²) in [6.07, 6.45) is 1.74. The Morgan fingerprint density at radius 1 is 0.971 bits per heavy atom. The first-order valence-electron chi connectivity index (χ1n) is 10.8. The molecular formula is C26H22N4O3S. The highest BCUT2D eigenvalue weighted by molar-refractivity contribution is 7.07. The normalized spacial score (nSPS) is 15.5. The van der Waals surface area contributed by atoms with Gasteiger partial charge in [-0.05, 0) is 55.3 Å². The molecule has 4 rings (SSSR count). The van der Waals surface area contributed by atoms with Crippen LogP contribution in [0.3, 0.4) is 0 Å². The lowest BCUT2D eigenvalue weighted by Gasteiger charge is -2.22. The Morgan fingerprint density at radius 2 is 1.53 bits per heavy atom. The maximum Gasteiger partial charge on any atom is 0.274 e. The summed E-state index contributed by atoms with van der Waals surface area (Å²) < 4.78 is 13.1. The first-order chi connectivity index (χ1) is 16.5. The largest absolute Gasteiger partial charge is 0.494 e. The molecule has 3 aromatic rings. The van der Waals surface area contributed by atoms with Gasteiger partial charge >= 0.3 is 0 Å². The third-order valence-corrected chi connectivity index (χ3v) is 6.51. The van der Waals surface area contributed by atoms with Crippen LogP contribution in [0.15, 0.2) is 58.9 Å². The van der Waals surface area contributed by atoms with Crippen molar-refractivity contribution in [3.63, 3.8) is 0 Å². The van der Waals surface area contributed by atoms with Gasteiger partial charge in [-0.2, -0.15) is 10.5 Å². The molecule has 0 aliphatic carbocycles. The average molecular weight is 471 g/mol. The van der Waals surface area contributed by atoms with Gasteiger partial charge in [-0.15, -0.1) is 11.3 Å². The number of hydrogen-bond donors (Lipinski definition) is 1. The zero-order valence-electron chi connectivity index (χ0n) is 18.7. The summed E-state index contributed by atoms with van der Waals surface area (Å²) >= 11 is 1.19. The molecule has 1 aromatic heterocycles. The Kier molecular flexibility index (Phi) is 6.53. The number of allylic oxidation sites excluding steroid dienone is 1. The Hall–Kier alpha value is -4.27. The summed E-state index contributed by atoms with van der Waals surface area (Å²) in [6.45, 7) is 4.90. The van der Waals surface area contributed by atoms with Crippen molar-refractivity contribution < 1.29 is 9.47 Å². The molecule has 2 heterocycles. The van der Waals surface area contributed by atoms with E-state index in [1.54, 1.807) is 18.2 Å². The summed E-state index contributed by atoms with van der Waals surface area (Å²) in [5, 5.41) is 20.0. The van der Waals surface area contributed by atoms with Crippen LogP contribution >= 0.6 is 11.3 Å². The molecule has 34 heavy (non-hydrogen) atoms. The van der Waals surface area contributed by atoms with Crippen molar-refractivity contribution in [1.29, 1.82) is 10.5 Å². The third kappa shape index (κ3) is 4.07. The second kappa shape index (κ2) is 9.70. The van der Waals surface area contributed by atoms with Crippen LogP contribution in [-0.4, -0.2) is 17.8 Å². The van der Waals surface area contributed by atoms with Gasteiger partial charge in [-0.25, -0.2) is 0 Å². The molecule has 0 fully saturated rings. The Balaban J connectivity index is 1.90. The minimum atomic E-state index is -0.665. The number of nitriles is 2. The van der Waals surface area contributed by atoms with E-state index in [1.165, 1.54) is 15.9 Å². The van der Waals surface area contributed by atoms with Crippen molar-refractivity contribution in [3.05, 3.63) is 84.8 Å². The number of nitrogens with zero attached hydrogens (tertiary/aromatic N) is 3. The van der Waals surface area contributed by atoms with E-state index < -0.39 is 5.92 Å². The van der Waals surface area contributed by atoms with Crippen LogP contribution in [0.4, 0.5) is 0 Å². The predicted octanol–water partition coefficient (Wildman–Crippen LogP) is 2.66. The quantitative estimate of drug-likeness (QED) is 0.592. The Labute approximate surface area is 200 Å². The molecule has 0 saturated heterocycles. The number of benzene rings is 2. The molecule has 0 radical (unpaired) electrons. The molecule has 1 unspecified atom stereocenters. The van der Waals surface area contributed by atoms with Gasteiger partial charge in [0.25, 0.3) is 5.56 Å². The monoisotopic (exact) mass is 470 g/mol. The molecule has 1 atom stereocenters. The molecule has 0 bridgehead atoms. The maximum atomic E-state index is 13.2. The minimum absolute atomic E-state index is 0.0444. The molecule has 1 aliphatic rings. The molecule has 0 spiro atoms. The van der Waals surface area contributed by atoms with E-state index in [2.05, 4.69) is 12.1 Å². The van der Waals surface area contributed by atoms with E-state index in [4.69, 9.17) is 15.2 Å². The number of rotatable bonds is 6. The van der Waals surface area contributed by atoms with Crippen LogP contribution in [0.25, 0.3) is 17.5 Å². The Morgan fingerprint density at radius 3 is 2.06 bits per heavy atom. The number of nitrogens with two attached hydrogens (primary N) is 1. The summed E-state index contributed by atoms with van der Waals surface area (Å²) in [5.74, 6) is 0.812. The number of hydrogen-bond acceptors (Lipinski definition) is 7. The second-order valence-corrected chi connectivity index (χ2v) is 8.46. The molecular weight excluding hydrogens is 448 g/mol. The van der Waals surface area contributed by atoms with Gasteiger partial charge in [0.1, 0.15) is 22.0 Å². The summed E-state index contributed by atoms with van der Waals surface area (Å²) in [4.78, 5) is 13.2. The molecule has 8 heteroatoms. The van der Waals surface area contributed by atoms with Crippen LogP contribution in [0, 0.1) is 22.7 Å². The molecule has 2 aromatic carbocycles. The van der Waals surface area contributed by atoms with Crippen molar-refractivity contribution in [2.24, 2.45) is 5.73 Å². The third-order valence-electron chi connectivity index (χ3n) is 5.40. The number of fused-ring (bicyclic) bond motifs is 1. The smallest absolute Gasteiger partial charge is 0.274 e. The second-order valence-electron chi connectivity index (χ2n) is 7.43. The van der Waals surface area contributed by atoms with Crippen molar-refractivity contribution >= 4 is 28.8 Å². The molecule has 170 valence electrons. The molecule has 2 N–H and O–H groups in total. The molecule has 7 nitrogen and oxygen atoms in total. The van der Waals surface area contributed by atoms with Crippen molar-refractivity contribution in [1.82, 2.24) is 4.57 Å². The van der Waals surface area contributed by atoms with Gasteiger partial charge in [0.2, 0.25) is 0 Å². The molecule has 0 saturated carbocycles. The topological polar surface area (TPSA) is 114 Å². The van der Waals surface area contributed by atoms with Crippen LogP contribution in [-0.2, 0) is 0 Å². The lowest BCUT2D eigenvalue weighted by Crippen LogP contribution is -2.38. The number of ether oxygens (including phenoxy) is 2. The lowest BCUT2D eigenvalue weighted by atomic mass is 9.84. The SMILES string of the molecule is CCOc1ccc(/C=c2\sc3n(c2=O)C(N)=C(C#N)C(c2ccc(OCC)cc2)C=3C#N)cc1. The highest BCUT2D eigenvalue weighted by atomic mass is 32.1. The van der Waals surface area contributed by atoms with Crippen LogP contribution in [0.1, 0.15) is 30.9 Å². The molecule has 0 amide bonds. The summed E-state index contributed by atoms with van der Waals surface area (Å²) in [7, 11) is 0. The highest BCUT2D eigenvalue weighted by Gasteiger charge is 2.32. The fourth-order valence-corrected chi connectivity index (χ4v) is 5.01. The fraction of sp³-hybridized carbons (Fsp3) is 0.192. The van der Waals surface area contributed by atoms with E-state index in [-0.39, 0.29) is 17.0 Å². The maximum absolute atomic E-state index is 13.2. The van der Waals surface area contributed by atoms with Crippen molar-refractivity contribution in [2.45, 2.75) is 19.8 Å². The van der Waals surface area contributed by atoms with Crippen molar-refractivity contribution in [2.75, 3.05) is 13.2 Å². The van der Waals surface area contributed by atoms with Crippen LogP contribution in [0.2, 0.25) is 0 Å². The Bertz CT molecular complexity index is 1520. The zero-order chi connectivity index (χ0) is 24.2. The van der Waals surface area contributed by atoms with Gasteiger partial charge in [0.15, 0.2) is 0 Å². The number of thiazole rings is 1. The van der Waals surface area contributed by atoms with Gasteiger partial charge in [0, 0.05) is 0 Å². The summed E-state index contributed by atoms with van der Waals surface area (Å²) in [5.41, 5.74) is 7.98. The average Bonchev–Trinajstić information content (AvgIpc) is 3.17. The predicted molar refractivity (Wildman–Crippen MR) is 131 cm³/mol. The first-order valence-corrected chi connectivity index (χ1v) is 11.6. The van der Waals surface area contributed by atoms with Gasteiger partial charge in [0.05, 0.1) is 46.9 Å². The van der Waals surface area contributed by atoms with E-state index in [0.29, 0.717) is 33.7 Å². The van der Waals surface area contributed by atoms with Gasteiger partial charge in [-0.1, -0.05) is 24.3 Å². The van der Waals surface area contributed by atoms with E-state index in [1.807, 2.05) is 50.2 Å². The van der Waals surface area contributed by atoms with Gasteiger partial charge in [-0.3, -0.25) is 9.36 Å². The van der Waals surface area contributed by atoms with E-state index in [9.17, 15) is 15.3 Å². The summed E-state index contributed by atoms with van der Waals surface area (Å²) in [6, 6.07) is 18.9. The van der Waals surface area contributed by atoms with E-state index in [0.717, 1.165) is 16.9 Å². The minimum Gasteiger partial charge on any atom is -0.494 e. The van der Waals surface area contributed by atoms with Gasteiger partial charge < -0.3 is 15.2 Å². The zero-order valence-corrected chi connectivity index (χ0v) is 19.6. The van der Waals surface area contributed by atoms with Crippen molar-refractivity contribution in [3.8, 4) is 23.6 Å². The number of aromatic nitrogens is 1. The van der Waals surface area contributed by atoms with Crippen LogP contribution in [0.5, 0.6) is 11.5 Å². The fourth-order valence-electron chi connectivity index (χ4n) is 3.89. The van der Waals surface area contributed by atoms with Crippen LogP contribution < -0.4 is 30.0 Å². The first kappa shape index (κ1) is 22.9. The lowest BCUT2D eigenvalue weighted by molar-refractivity contribution is 0.340. The molecule has 1 aliphatic heterocycles. The standard InChI is InChI=1S/C26H22N4O3S/c1-3-32-18-9-5-16(6-10-18)13-22-25(31)30-24(29)20(14-27)23(21(15-28)26(30)34-22)17-7-11-19(12-8-17)33-4-2/h5-13,23H,3-4,29H2,1-2H3/b22-13-. The van der Waals surface area contributed by atoms with E-state index >= 15 is 0 Å².